The van der Waals surface area contributed by atoms with E-state index in [-0.39, 0.29) is 0 Å². The molecule has 0 saturated carbocycles. The van der Waals surface area contributed by atoms with Gasteiger partial charge in [0.05, 0.1) is 0 Å². The Balaban J connectivity index is 2.97. The van der Waals surface area contributed by atoms with Crippen molar-refractivity contribution in [3.8, 4) is 0 Å². The monoisotopic (exact) mass is 150 g/mol. The summed E-state index contributed by atoms with van der Waals surface area (Å²) < 4.78 is -0.576. The molecule has 0 radical (unpaired) electrons. The van der Waals surface area contributed by atoms with Crippen LogP contribution in [0, 0.1) is 0 Å². The first-order chi connectivity index (χ1) is 3.27. The minimum absolute atomic E-state index is 0.576. The number of rotatable bonds is 3. The molecule has 3 heteroatoms. The van der Waals surface area contributed by atoms with Crippen LogP contribution in [0.4, 0.5) is 4.79 Å². The molecule has 36 valence electrons. The molecule has 0 aromatic rings. The van der Waals surface area contributed by atoms with Gasteiger partial charge in [0.2, 0.25) is 0 Å². The molecule has 0 fully saturated rings. The summed E-state index contributed by atoms with van der Waals surface area (Å²) in [5.41, 5.74) is 0. The number of hydrogen-bond donors (Lipinski definition) is 1. The molecule has 7 heavy (non-hydrogen) atoms. The van der Waals surface area contributed by atoms with E-state index < -0.39 is 21.7 Å². The Morgan fingerprint density at radius 1 is 2.00 bits per heavy atom. The van der Waals surface area contributed by atoms with Crippen LogP contribution in [0.3, 0.4) is 0 Å². The molecule has 0 atom stereocenters. The summed E-state index contributed by atoms with van der Waals surface area (Å²) in [7, 11) is 0. The second-order valence-corrected chi connectivity index (χ2v) is 4.75. The Labute approximate surface area is 49.8 Å². The molecule has 0 rings (SSSR count). The van der Waals surface area contributed by atoms with Gasteiger partial charge in [-0.25, -0.2) is 0 Å². The van der Waals surface area contributed by atoms with Gasteiger partial charge in [-0.1, -0.05) is 0 Å². The molecule has 0 saturated heterocycles. The zero-order chi connectivity index (χ0) is 5.70. The van der Waals surface area contributed by atoms with Crippen molar-refractivity contribution in [3.05, 3.63) is 12.7 Å². The zero-order valence-electron chi connectivity index (χ0n) is 4.05. The molecule has 0 aromatic carbocycles. The van der Waals surface area contributed by atoms with Crippen LogP contribution in [-0.2, 0) is 17.1 Å². The van der Waals surface area contributed by atoms with Gasteiger partial charge in [0.25, 0.3) is 0 Å². The van der Waals surface area contributed by atoms with E-state index in [1.807, 2.05) is 0 Å². The van der Waals surface area contributed by atoms with Crippen LogP contribution >= 0.6 is 0 Å². The predicted octanol–water partition coefficient (Wildman–Crippen LogP) is 1.35. The Bertz CT molecular complexity index is 79.8. The third-order valence-corrected chi connectivity index (χ3v) is 2.92. The summed E-state index contributed by atoms with van der Waals surface area (Å²) in [6.45, 7) is 3.42. The summed E-state index contributed by atoms with van der Waals surface area (Å²) in [6, 6.07) is 0. The molecule has 0 aliphatic heterocycles. The van der Waals surface area contributed by atoms with Gasteiger partial charge < -0.3 is 0 Å². The van der Waals surface area contributed by atoms with E-state index in [2.05, 4.69) is 6.58 Å². The van der Waals surface area contributed by atoms with Crippen molar-refractivity contribution in [2.75, 3.05) is 0 Å². The average Bonchev–Trinajstić information content (AvgIpc) is 1.61. The summed E-state index contributed by atoms with van der Waals surface area (Å²) in [6.07, 6.45) is 1.67. The van der Waals surface area contributed by atoms with Crippen LogP contribution in [0.5, 0.6) is 0 Å². The van der Waals surface area contributed by atoms with Gasteiger partial charge in [0.1, 0.15) is 0 Å². The third kappa shape index (κ3) is 5.83. The van der Waals surface area contributed by atoms with Gasteiger partial charge in [-0.05, 0) is 0 Å². The second kappa shape index (κ2) is 4.00. The molecule has 0 unspecified atom stereocenters. The van der Waals surface area contributed by atoms with Gasteiger partial charge in [0, 0.05) is 0 Å². The predicted molar refractivity (Wildman–Crippen MR) is 23.0 cm³/mol. The Kier molecular flexibility index (Phi) is 3.91. The van der Waals surface area contributed by atoms with Crippen LogP contribution in [0.2, 0.25) is 5.02 Å². The first kappa shape index (κ1) is 6.83. The Morgan fingerprint density at radius 3 is 2.71 bits per heavy atom. The molecule has 2 nitrogen and oxygen atoms in total. The third-order valence-electron chi connectivity index (χ3n) is 0.562. The van der Waals surface area contributed by atoms with Gasteiger partial charge >= 0.3 is 49.3 Å². The Hall–Kier alpha value is -0.167. The van der Waals surface area contributed by atoms with Crippen molar-refractivity contribution in [2.24, 2.45) is 0 Å². The molecule has 0 spiro atoms. The van der Waals surface area contributed by atoms with Crippen LogP contribution < -0.4 is 0 Å². The van der Waals surface area contributed by atoms with Crippen LogP contribution in [-0.4, -0.2) is 9.67 Å². The summed E-state index contributed by atoms with van der Waals surface area (Å²) in [5, 5.41) is 8.83. The van der Waals surface area contributed by atoms with Crippen LogP contribution in [0.15, 0.2) is 12.7 Å². The molecule has 1 N–H and O–H groups in total. The van der Waals surface area contributed by atoms with Crippen molar-refractivity contribution < 1.29 is 27.0 Å². The van der Waals surface area contributed by atoms with Crippen molar-refractivity contribution in [1.29, 1.82) is 0 Å². The van der Waals surface area contributed by atoms with Gasteiger partial charge in [-0.15, -0.1) is 0 Å². The summed E-state index contributed by atoms with van der Waals surface area (Å²) in [5.74, 6) is 0. The SMILES string of the molecule is C=C[CH2][Zn][C](=O)O. The van der Waals surface area contributed by atoms with Gasteiger partial charge in [-0.3, -0.25) is 0 Å². The van der Waals surface area contributed by atoms with Crippen molar-refractivity contribution in [3.63, 3.8) is 0 Å². The fourth-order valence-electron chi connectivity index (χ4n) is 0.226. The minimum atomic E-state index is -1.22. The van der Waals surface area contributed by atoms with E-state index in [0.717, 1.165) is 5.02 Å². The number of allylic oxidation sites excluding steroid dienone is 1. The van der Waals surface area contributed by atoms with Crippen LogP contribution in [0.25, 0.3) is 0 Å². The van der Waals surface area contributed by atoms with Gasteiger partial charge in [-0.2, -0.15) is 0 Å². The summed E-state index contributed by atoms with van der Waals surface area (Å²) >= 11 is -1.22. The topological polar surface area (TPSA) is 37.3 Å². The number of carbonyl (C=O) groups is 1. The normalized spacial score (nSPS) is 6.86. The molecular formula is C4H6O2Zn. The number of hydrogen-bond acceptors (Lipinski definition) is 1. The quantitative estimate of drug-likeness (QED) is 0.488. The maximum absolute atomic E-state index is 9.79. The van der Waals surface area contributed by atoms with E-state index in [0.29, 0.717) is 0 Å². The fraction of sp³-hybridized carbons (Fsp3) is 0.250. The van der Waals surface area contributed by atoms with Crippen molar-refractivity contribution in [1.82, 2.24) is 0 Å². The van der Waals surface area contributed by atoms with Crippen molar-refractivity contribution in [2.45, 2.75) is 5.02 Å². The first-order valence-corrected chi connectivity index (χ1v) is 5.68. The molecule has 0 amide bonds. The maximum atomic E-state index is 9.79. The second-order valence-electron chi connectivity index (χ2n) is 1.22. The molecule has 0 aliphatic rings. The van der Waals surface area contributed by atoms with Crippen LogP contribution in [0.1, 0.15) is 0 Å². The van der Waals surface area contributed by atoms with E-state index in [1.165, 1.54) is 0 Å². The van der Waals surface area contributed by atoms with E-state index in [4.69, 9.17) is 5.11 Å². The van der Waals surface area contributed by atoms with Gasteiger partial charge in [0.15, 0.2) is 0 Å². The van der Waals surface area contributed by atoms with E-state index in [1.54, 1.807) is 6.08 Å². The fourth-order valence-corrected chi connectivity index (χ4v) is 1.17. The summed E-state index contributed by atoms with van der Waals surface area (Å²) in [4.78, 5) is 9.79. The zero-order valence-corrected chi connectivity index (χ0v) is 7.02. The molecule has 0 aromatic heterocycles. The molecule has 0 aliphatic carbocycles. The average molecular weight is 151 g/mol. The first-order valence-electron chi connectivity index (χ1n) is 2.10. The Morgan fingerprint density at radius 2 is 2.57 bits per heavy atom. The number of carboxylic acid groups (broad SMARTS) is 1. The molecular weight excluding hydrogens is 145 g/mol. The molecule has 0 bridgehead atoms. The van der Waals surface area contributed by atoms with E-state index >= 15 is 0 Å². The van der Waals surface area contributed by atoms with E-state index in [9.17, 15) is 4.79 Å². The molecule has 0 heterocycles. The van der Waals surface area contributed by atoms with Crippen molar-refractivity contribution >= 4 is 4.56 Å². The standard InChI is InChI=1S/C3H5.CHO2.Zn/c1-3-2;2-1-3;/h3H,1-2H2;(H,2,3);.